The predicted molar refractivity (Wildman–Crippen MR) is 122 cm³/mol. The molecule has 1 amide bonds. The van der Waals surface area contributed by atoms with Gasteiger partial charge in [-0.3, -0.25) is 4.79 Å². The van der Waals surface area contributed by atoms with Crippen LogP contribution in [0, 0.1) is 0 Å². The zero-order valence-corrected chi connectivity index (χ0v) is 20.4. The third kappa shape index (κ3) is 3.77. The lowest BCUT2D eigenvalue weighted by Gasteiger charge is -2.33. The number of halogens is 1. The normalized spacial score (nSPS) is 14.5. The first-order valence-electron chi connectivity index (χ1n) is 9.84. The van der Waals surface area contributed by atoms with Gasteiger partial charge in [-0.15, -0.1) is 0 Å². The summed E-state index contributed by atoms with van der Waals surface area (Å²) >= 11 is 4.83. The molecule has 10 heteroatoms. The lowest BCUT2D eigenvalue weighted by molar-refractivity contribution is -0.764. The number of amides is 1. The molecule has 1 aromatic heterocycles. The van der Waals surface area contributed by atoms with Crippen molar-refractivity contribution in [1.29, 1.82) is 0 Å². The second kappa shape index (κ2) is 8.95. The molecule has 1 aliphatic heterocycles. The zero-order valence-electron chi connectivity index (χ0n) is 18.0. The van der Waals surface area contributed by atoms with E-state index in [1.165, 1.54) is 18.7 Å². The molecule has 0 spiro atoms. The van der Waals surface area contributed by atoms with Gasteiger partial charge in [0.1, 0.15) is 0 Å². The van der Waals surface area contributed by atoms with E-state index in [0.29, 0.717) is 44.9 Å². The van der Waals surface area contributed by atoms with Crippen LogP contribution in [0.1, 0.15) is 25.6 Å². The fraction of sp³-hybridized carbons (Fsp3) is 0.273. The Morgan fingerprint density at radius 1 is 1.22 bits per heavy atom. The lowest BCUT2D eigenvalue weighted by atomic mass is 10.0. The monoisotopic (exact) mass is 516 g/mol. The third-order valence-corrected chi connectivity index (χ3v) is 6.30. The number of benzene rings is 2. The second-order valence-corrected chi connectivity index (χ2v) is 9.11. The van der Waals surface area contributed by atoms with Gasteiger partial charge in [-0.25, -0.2) is 9.88 Å². The molecule has 0 saturated heterocycles. The van der Waals surface area contributed by atoms with Crippen LogP contribution in [-0.2, 0) is 4.79 Å². The van der Waals surface area contributed by atoms with Crippen LogP contribution in [-0.4, -0.2) is 36.0 Å². The number of aromatic nitrogens is 3. The molecule has 0 aliphatic carbocycles. The van der Waals surface area contributed by atoms with Crippen molar-refractivity contribution < 1.29 is 24.1 Å². The molecule has 2 aromatic carbocycles. The topological polar surface area (TPSA) is 91.5 Å². The van der Waals surface area contributed by atoms with Crippen molar-refractivity contribution in [2.24, 2.45) is 0 Å². The van der Waals surface area contributed by atoms with Crippen LogP contribution in [0.5, 0.6) is 17.4 Å². The number of hydrogen-bond donors (Lipinski definition) is 0. The van der Waals surface area contributed by atoms with Crippen LogP contribution in [0.4, 0.5) is 5.69 Å². The number of nitrogens with zero attached hydrogens (tertiary/aromatic N) is 4. The molecule has 1 atom stereocenters. The van der Waals surface area contributed by atoms with E-state index in [0.717, 1.165) is 4.47 Å². The van der Waals surface area contributed by atoms with Crippen LogP contribution in [0.2, 0.25) is 0 Å². The minimum absolute atomic E-state index is 0.192. The number of carbonyl (C=O) groups is 1. The summed E-state index contributed by atoms with van der Waals surface area (Å²) in [4.78, 5) is 18.7. The number of thioether (sulfide) groups is 1. The van der Waals surface area contributed by atoms with E-state index in [-0.39, 0.29) is 5.91 Å². The quantitative estimate of drug-likeness (QED) is 0.379. The Bertz CT molecular complexity index is 1210. The number of hydrogen-bond acceptors (Lipinski definition) is 7. The summed E-state index contributed by atoms with van der Waals surface area (Å²) in [5.74, 6) is 1.19. The molecule has 0 bridgehead atoms. The van der Waals surface area contributed by atoms with Gasteiger partial charge in [-0.05, 0) is 42.2 Å². The summed E-state index contributed by atoms with van der Waals surface area (Å²) in [7, 11) is 3.11. The predicted octanol–water partition coefficient (Wildman–Crippen LogP) is 3.31. The zero-order chi connectivity index (χ0) is 23.0. The number of carbonyl (C=O) groups excluding carboxylic acids is 1. The van der Waals surface area contributed by atoms with Crippen LogP contribution >= 0.6 is 27.7 Å². The molecule has 0 N–H and O–H groups in total. The average Bonchev–Trinajstić information content (AvgIpc) is 2.77. The standard InChI is InChI=1S/C22H21BrN4O4S/c1-5-32-22-24-20(29)19-15-11-14(23)7-8-16(15)26(12(2)28)21(27(19)25-22)13-6-9-17(30-3)18(10-13)31-4/h6-11,21H,5H2,1-4H3. The molecule has 3 aromatic rings. The van der Waals surface area contributed by atoms with Gasteiger partial charge in [0.15, 0.2) is 11.5 Å². The molecule has 32 heavy (non-hydrogen) atoms. The maximum absolute atomic E-state index is 13.2. The van der Waals surface area contributed by atoms with Crippen LogP contribution in [0.15, 0.2) is 46.0 Å². The molecule has 2 heterocycles. The summed E-state index contributed by atoms with van der Waals surface area (Å²) in [6.45, 7) is 3.45. The van der Waals surface area contributed by atoms with Crippen molar-refractivity contribution >= 4 is 39.3 Å². The van der Waals surface area contributed by atoms with Crippen molar-refractivity contribution in [3.63, 3.8) is 0 Å². The molecule has 0 radical (unpaired) electrons. The lowest BCUT2D eigenvalue weighted by Crippen LogP contribution is -2.58. The first kappa shape index (κ1) is 22.3. The minimum Gasteiger partial charge on any atom is -0.854 e. The van der Waals surface area contributed by atoms with E-state index in [1.54, 1.807) is 42.0 Å². The van der Waals surface area contributed by atoms with E-state index in [1.807, 2.05) is 25.1 Å². The molecule has 8 nitrogen and oxygen atoms in total. The van der Waals surface area contributed by atoms with Crippen molar-refractivity contribution in [2.75, 3.05) is 24.9 Å². The number of methoxy groups -OCH3 is 2. The molecule has 0 saturated carbocycles. The smallest absolute Gasteiger partial charge is 0.293 e. The highest BCUT2D eigenvalue weighted by atomic mass is 79.9. The van der Waals surface area contributed by atoms with Gasteiger partial charge in [-0.2, -0.15) is 0 Å². The van der Waals surface area contributed by atoms with Crippen molar-refractivity contribution in [2.45, 2.75) is 25.2 Å². The molecule has 166 valence electrons. The minimum atomic E-state index is -0.706. The van der Waals surface area contributed by atoms with Gasteiger partial charge in [0.25, 0.3) is 17.0 Å². The maximum atomic E-state index is 13.2. The Morgan fingerprint density at radius 2 is 1.97 bits per heavy atom. The highest BCUT2D eigenvalue weighted by molar-refractivity contribution is 9.10. The van der Waals surface area contributed by atoms with Gasteiger partial charge in [0.05, 0.1) is 31.4 Å². The summed E-state index contributed by atoms with van der Waals surface area (Å²) in [6, 6.07) is 10.8. The molecular weight excluding hydrogens is 496 g/mol. The maximum Gasteiger partial charge on any atom is 0.293 e. The van der Waals surface area contributed by atoms with Gasteiger partial charge >= 0.3 is 0 Å². The van der Waals surface area contributed by atoms with Gasteiger partial charge in [0.2, 0.25) is 5.91 Å². The largest absolute Gasteiger partial charge is 0.854 e. The molecule has 1 unspecified atom stereocenters. The summed E-state index contributed by atoms with van der Waals surface area (Å²) < 4.78 is 13.2. The molecule has 4 rings (SSSR count). The van der Waals surface area contributed by atoms with Crippen LogP contribution in [0.3, 0.4) is 0 Å². The van der Waals surface area contributed by atoms with Crippen molar-refractivity contribution in [1.82, 2.24) is 10.1 Å². The van der Waals surface area contributed by atoms with Crippen LogP contribution < -0.4 is 24.2 Å². The van der Waals surface area contributed by atoms with E-state index in [9.17, 15) is 9.90 Å². The molecule has 0 fully saturated rings. The van der Waals surface area contributed by atoms with Crippen molar-refractivity contribution in [3.8, 4) is 28.6 Å². The van der Waals surface area contributed by atoms with E-state index < -0.39 is 12.0 Å². The fourth-order valence-corrected chi connectivity index (χ4v) is 4.72. The van der Waals surface area contributed by atoms with E-state index in [2.05, 4.69) is 26.0 Å². The summed E-state index contributed by atoms with van der Waals surface area (Å²) in [6.07, 6.45) is -0.706. The van der Waals surface area contributed by atoms with E-state index >= 15 is 0 Å². The molecular formula is C22H21BrN4O4S. The Hall–Kier alpha value is -2.85. The first-order chi connectivity index (χ1) is 15.4. The Morgan fingerprint density at radius 3 is 2.62 bits per heavy atom. The average molecular weight is 517 g/mol. The molecule has 1 aliphatic rings. The summed E-state index contributed by atoms with van der Waals surface area (Å²) in [5, 5.41) is 18.2. The third-order valence-electron chi connectivity index (χ3n) is 5.09. The number of anilines is 1. The van der Waals surface area contributed by atoms with Gasteiger partial charge in [0, 0.05) is 22.1 Å². The number of fused-ring (bicyclic) bond motifs is 3. The Balaban J connectivity index is 2.05. The number of rotatable bonds is 5. The highest BCUT2D eigenvalue weighted by Crippen LogP contribution is 2.43. The van der Waals surface area contributed by atoms with Gasteiger partial charge in [-0.1, -0.05) is 39.3 Å². The second-order valence-electron chi connectivity index (χ2n) is 6.96. The fourth-order valence-electron chi connectivity index (χ4n) is 3.80. The van der Waals surface area contributed by atoms with Crippen molar-refractivity contribution in [3.05, 3.63) is 46.4 Å². The Kier molecular flexibility index (Phi) is 6.25. The first-order valence-corrected chi connectivity index (χ1v) is 11.6. The summed E-state index contributed by atoms with van der Waals surface area (Å²) in [5.41, 5.74) is 2.23. The highest BCUT2D eigenvalue weighted by Gasteiger charge is 2.44. The SMILES string of the molecule is CCSc1nc([O-])c2[n+](n1)C(c1ccc(OC)c(OC)c1)N(C(C)=O)c1ccc(Br)cc1-2. The van der Waals surface area contributed by atoms with Crippen LogP contribution in [0.25, 0.3) is 11.3 Å². The van der Waals surface area contributed by atoms with Gasteiger partial charge < -0.3 is 14.6 Å². The number of ether oxygens (including phenoxy) is 2. The Labute approximate surface area is 198 Å². The van der Waals surface area contributed by atoms with E-state index in [4.69, 9.17) is 9.47 Å².